The van der Waals surface area contributed by atoms with Gasteiger partial charge in [0.2, 0.25) is 5.91 Å². The van der Waals surface area contributed by atoms with Gasteiger partial charge >= 0.3 is 6.18 Å². The van der Waals surface area contributed by atoms with E-state index in [1.807, 2.05) is 0 Å². The normalized spacial score (nSPS) is 22.9. The number of alkyl halides is 3. The van der Waals surface area contributed by atoms with Crippen LogP contribution in [-0.2, 0) is 11.0 Å². The molecule has 1 saturated carbocycles. The highest BCUT2D eigenvalue weighted by molar-refractivity contribution is 5.93. The van der Waals surface area contributed by atoms with E-state index in [2.05, 4.69) is 32.7 Å². The number of nitrogens with zero attached hydrogens (tertiary/aromatic N) is 3. The van der Waals surface area contributed by atoms with E-state index in [4.69, 9.17) is 0 Å². The molecule has 1 amide bonds. The molecule has 0 bridgehead atoms. The van der Waals surface area contributed by atoms with Crippen molar-refractivity contribution in [2.75, 3.05) is 31.6 Å². The highest BCUT2D eigenvalue weighted by Crippen LogP contribution is 2.34. The molecule has 1 aliphatic carbocycles. The molecule has 1 saturated heterocycles. The predicted octanol–water partition coefficient (Wildman–Crippen LogP) is 3.44. The largest absolute Gasteiger partial charge is 0.416 e. The number of amides is 1. The van der Waals surface area contributed by atoms with Crippen molar-refractivity contribution < 1.29 is 23.1 Å². The molecule has 0 spiro atoms. The quantitative estimate of drug-likeness (QED) is 0.538. The SMILES string of the molecule is C[C@H](CO)CC1CCC(N2CC(NC(=O)CNc3nncc4ccc(C(F)(F)F)cc34)C2)CC1. The van der Waals surface area contributed by atoms with Crippen LogP contribution in [-0.4, -0.2) is 64.4 Å². The molecule has 4 rings (SSSR count). The first-order chi connectivity index (χ1) is 16.2. The monoisotopic (exact) mass is 479 g/mol. The molecule has 2 aliphatic rings. The number of nitrogens with one attached hydrogen (secondary N) is 2. The number of fused-ring (bicyclic) bond motifs is 1. The van der Waals surface area contributed by atoms with Gasteiger partial charge in [-0.1, -0.05) is 13.0 Å². The minimum absolute atomic E-state index is 0.0804. The molecule has 10 heteroatoms. The Hall–Kier alpha value is -2.46. The van der Waals surface area contributed by atoms with Crippen molar-refractivity contribution in [1.82, 2.24) is 20.4 Å². The van der Waals surface area contributed by atoms with Gasteiger partial charge < -0.3 is 15.7 Å². The van der Waals surface area contributed by atoms with Crippen molar-refractivity contribution in [3.63, 3.8) is 0 Å². The minimum Gasteiger partial charge on any atom is -0.396 e. The lowest BCUT2D eigenvalue weighted by atomic mass is 9.80. The van der Waals surface area contributed by atoms with Crippen molar-refractivity contribution in [2.24, 2.45) is 11.8 Å². The first-order valence-electron chi connectivity index (χ1n) is 11.9. The predicted molar refractivity (Wildman–Crippen MR) is 123 cm³/mol. The zero-order valence-corrected chi connectivity index (χ0v) is 19.3. The van der Waals surface area contributed by atoms with Gasteiger partial charge in [0.05, 0.1) is 24.3 Å². The van der Waals surface area contributed by atoms with E-state index in [9.17, 15) is 23.1 Å². The van der Waals surface area contributed by atoms with Crippen LogP contribution in [0.3, 0.4) is 0 Å². The summed E-state index contributed by atoms with van der Waals surface area (Å²) < 4.78 is 39.2. The zero-order chi connectivity index (χ0) is 24.3. The maximum Gasteiger partial charge on any atom is 0.416 e. The molecule has 34 heavy (non-hydrogen) atoms. The van der Waals surface area contributed by atoms with Crippen LogP contribution in [0.4, 0.5) is 19.0 Å². The molecule has 186 valence electrons. The Bertz CT molecular complexity index is 988. The number of aliphatic hydroxyl groups is 1. The summed E-state index contributed by atoms with van der Waals surface area (Å²) in [5.74, 6) is 0.995. The van der Waals surface area contributed by atoms with E-state index >= 15 is 0 Å². The summed E-state index contributed by atoms with van der Waals surface area (Å²) in [7, 11) is 0. The summed E-state index contributed by atoms with van der Waals surface area (Å²) in [6.45, 7) is 3.89. The average molecular weight is 480 g/mol. The van der Waals surface area contributed by atoms with Crippen LogP contribution in [0.2, 0.25) is 0 Å². The number of likely N-dealkylation sites (tertiary alicyclic amines) is 1. The summed E-state index contributed by atoms with van der Waals surface area (Å²) in [4.78, 5) is 14.8. The van der Waals surface area contributed by atoms with Gasteiger partial charge in [-0.05, 0) is 56.1 Å². The second kappa shape index (κ2) is 10.4. The Kier molecular flexibility index (Phi) is 7.57. The molecular formula is C24H32F3N5O2. The Morgan fingerprint density at radius 2 is 1.97 bits per heavy atom. The smallest absolute Gasteiger partial charge is 0.396 e. The van der Waals surface area contributed by atoms with E-state index in [-0.39, 0.29) is 36.3 Å². The van der Waals surface area contributed by atoms with Crippen molar-refractivity contribution in [2.45, 2.75) is 57.3 Å². The van der Waals surface area contributed by atoms with E-state index in [0.717, 1.165) is 44.5 Å². The second-order valence-corrected chi connectivity index (χ2v) is 9.76. The number of carbonyl (C=O) groups is 1. The Balaban J connectivity index is 1.22. The Labute approximate surface area is 197 Å². The number of benzene rings is 1. The van der Waals surface area contributed by atoms with Crippen LogP contribution in [0.1, 0.15) is 44.6 Å². The lowest BCUT2D eigenvalue weighted by Gasteiger charge is -2.47. The van der Waals surface area contributed by atoms with Gasteiger partial charge in [0.15, 0.2) is 5.82 Å². The topological polar surface area (TPSA) is 90.4 Å². The molecule has 1 aromatic heterocycles. The molecule has 1 aliphatic heterocycles. The van der Waals surface area contributed by atoms with Gasteiger partial charge in [0, 0.05) is 36.5 Å². The second-order valence-electron chi connectivity index (χ2n) is 9.76. The first kappa shape index (κ1) is 24.7. The average Bonchev–Trinajstić information content (AvgIpc) is 2.79. The molecule has 2 fully saturated rings. The lowest BCUT2D eigenvalue weighted by Crippen LogP contribution is -2.63. The fourth-order valence-corrected chi connectivity index (χ4v) is 5.12. The zero-order valence-electron chi connectivity index (χ0n) is 19.3. The highest BCUT2D eigenvalue weighted by atomic mass is 19.4. The van der Waals surface area contributed by atoms with Crippen LogP contribution < -0.4 is 10.6 Å². The summed E-state index contributed by atoms with van der Waals surface area (Å²) in [5, 5.41) is 23.6. The standard InChI is InChI=1S/C24H32F3N5O2/c1-15(14-33)8-16-2-6-20(7-3-16)32-12-19(13-32)30-22(34)11-28-23-21-9-18(24(25,26)27)5-4-17(21)10-29-31-23/h4-5,9-10,15-16,19-20,33H,2-3,6-8,11-14H2,1H3,(H,28,31)(H,30,34)/t15-,16?,20?/m0/s1. The van der Waals surface area contributed by atoms with Crippen molar-refractivity contribution in [1.29, 1.82) is 0 Å². The van der Waals surface area contributed by atoms with Gasteiger partial charge in [0.1, 0.15) is 0 Å². The number of carbonyl (C=O) groups excluding carboxylic acids is 1. The van der Waals surface area contributed by atoms with Crippen molar-refractivity contribution in [3.05, 3.63) is 30.0 Å². The first-order valence-corrected chi connectivity index (χ1v) is 11.9. The number of aliphatic hydroxyl groups excluding tert-OH is 1. The van der Waals surface area contributed by atoms with Gasteiger partial charge in [-0.2, -0.15) is 18.3 Å². The molecular weight excluding hydrogens is 447 g/mol. The Morgan fingerprint density at radius 1 is 1.24 bits per heavy atom. The summed E-state index contributed by atoms with van der Waals surface area (Å²) >= 11 is 0. The fourth-order valence-electron chi connectivity index (χ4n) is 5.12. The van der Waals surface area contributed by atoms with Crippen LogP contribution in [0, 0.1) is 11.8 Å². The Morgan fingerprint density at radius 3 is 2.65 bits per heavy atom. The van der Waals surface area contributed by atoms with Gasteiger partial charge in [0.25, 0.3) is 0 Å². The molecule has 1 atom stereocenters. The van der Waals surface area contributed by atoms with Crippen LogP contribution in [0.5, 0.6) is 0 Å². The number of anilines is 1. The third-order valence-electron chi connectivity index (χ3n) is 7.06. The number of aromatic nitrogens is 2. The third kappa shape index (κ3) is 5.96. The van der Waals surface area contributed by atoms with E-state index in [1.54, 1.807) is 0 Å². The maximum absolute atomic E-state index is 13.1. The van der Waals surface area contributed by atoms with Gasteiger partial charge in [-0.15, -0.1) is 5.10 Å². The molecule has 1 aromatic carbocycles. The highest BCUT2D eigenvalue weighted by Gasteiger charge is 2.35. The van der Waals surface area contributed by atoms with Crippen LogP contribution in [0.25, 0.3) is 10.8 Å². The molecule has 0 radical (unpaired) electrons. The maximum atomic E-state index is 13.1. The van der Waals surface area contributed by atoms with E-state index in [0.29, 0.717) is 23.3 Å². The third-order valence-corrected chi connectivity index (χ3v) is 7.06. The molecule has 7 nitrogen and oxygen atoms in total. The molecule has 2 heterocycles. The van der Waals surface area contributed by atoms with E-state index < -0.39 is 11.7 Å². The van der Waals surface area contributed by atoms with Gasteiger partial charge in [-0.25, -0.2) is 0 Å². The number of halogens is 3. The summed E-state index contributed by atoms with van der Waals surface area (Å²) in [5.41, 5.74) is -0.771. The van der Waals surface area contributed by atoms with Crippen LogP contribution >= 0.6 is 0 Å². The molecule has 3 N–H and O–H groups in total. The minimum atomic E-state index is -4.46. The number of hydrogen-bond acceptors (Lipinski definition) is 6. The van der Waals surface area contributed by atoms with Gasteiger partial charge in [-0.3, -0.25) is 9.69 Å². The van der Waals surface area contributed by atoms with Crippen LogP contribution in [0.15, 0.2) is 24.4 Å². The summed E-state index contributed by atoms with van der Waals surface area (Å²) in [6.07, 6.45) is 2.72. The lowest BCUT2D eigenvalue weighted by molar-refractivity contribution is -0.137. The van der Waals surface area contributed by atoms with Crippen molar-refractivity contribution >= 4 is 22.5 Å². The number of rotatable bonds is 8. The summed E-state index contributed by atoms with van der Waals surface area (Å²) in [6, 6.07) is 4.01. The molecule has 2 aromatic rings. The van der Waals surface area contributed by atoms with Crippen molar-refractivity contribution in [3.8, 4) is 0 Å². The number of hydrogen-bond donors (Lipinski definition) is 3. The molecule has 0 unspecified atom stereocenters. The van der Waals surface area contributed by atoms with E-state index in [1.165, 1.54) is 25.1 Å². The fraction of sp³-hybridized carbons (Fsp3) is 0.625.